The van der Waals surface area contributed by atoms with Crippen molar-refractivity contribution in [2.75, 3.05) is 12.0 Å². The minimum Gasteiger partial charge on any atom is -0.467 e. The standard InChI is InChI=1S/C30H24BrNO3/c1-35-29(33)30(34,23-14-10-15-24(31)20-23)28-26-18-9-8-13-22(26)19-27(21-11-4-2-5-12-21)32(28)25-16-6-3-7-17-25/h2-20,28,34H,1H3. The first-order valence-corrected chi connectivity index (χ1v) is 12.1. The molecular weight excluding hydrogens is 502 g/mol. The second-order valence-corrected chi connectivity index (χ2v) is 9.32. The molecule has 4 aromatic carbocycles. The smallest absolute Gasteiger partial charge is 0.345 e. The van der Waals surface area contributed by atoms with Crippen LogP contribution in [0.15, 0.2) is 114 Å². The van der Waals surface area contributed by atoms with E-state index in [-0.39, 0.29) is 0 Å². The van der Waals surface area contributed by atoms with E-state index in [0.717, 1.165) is 32.5 Å². The molecule has 1 N–H and O–H groups in total. The van der Waals surface area contributed by atoms with Gasteiger partial charge in [-0.1, -0.05) is 101 Å². The average Bonchev–Trinajstić information content (AvgIpc) is 2.92. The van der Waals surface area contributed by atoms with Crippen molar-refractivity contribution >= 4 is 39.4 Å². The van der Waals surface area contributed by atoms with Crippen molar-refractivity contribution in [3.8, 4) is 0 Å². The van der Waals surface area contributed by atoms with Crippen molar-refractivity contribution in [1.29, 1.82) is 0 Å². The predicted octanol–water partition coefficient (Wildman–Crippen LogP) is 6.57. The third-order valence-electron chi connectivity index (χ3n) is 6.36. The van der Waals surface area contributed by atoms with Gasteiger partial charge < -0.3 is 14.7 Å². The van der Waals surface area contributed by atoms with Crippen molar-refractivity contribution in [2.45, 2.75) is 11.6 Å². The highest BCUT2D eigenvalue weighted by atomic mass is 79.9. The first-order valence-electron chi connectivity index (χ1n) is 11.3. The summed E-state index contributed by atoms with van der Waals surface area (Å²) in [4.78, 5) is 15.6. The lowest BCUT2D eigenvalue weighted by atomic mass is 9.77. The maximum atomic E-state index is 13.5. The number of para-hydroxylation sites is 1. The molecule has 2 unspecified atom stereocenters. The topological polar surface area (TPSA) is 49.8 Å². The molecule has 1 aliphatic heterocycles. The summed E-state index contributed by atoms with van der Waals surface area (Å²) < 4.78 is 6.01. The van der Waals surface area contributed by atoms with Crippen LogP contribution in [0.25, 0.3) is 11.8 Å². The molecule has 0 aromatic heterocycles. The largest absolute Gasteiger partial charge is 0.467 e. The predicted molar refractivity (Wildman–Crippen MR) is 142 cm³/mol. The summed E-state index contributed by atoms with van der Waals surface area (Å²) in [5.74, 6) is -0.731. The molecule has 0 saturated heterocycles. The molecule has 4 nitrogen and oxygen atoms in total. The Morgan fingerprint density at radius 2 is 1.54 bits per heavy atom. The Morgan fingerprint density at radius 1 is 0.886 bits per heavy atom. The molecule has 0 radical (unpaired) electrons. The summed E-state index contributed by atoms with van der Waals surface area (Å²) in [6, 6.07) is 34.1. The van der Waals surface area contributed by atoms with Gasteiger partial charge in [-0.15, -0.1) is 0 Å². The lowest BCUT2D eigenvalue weighted by molar-refractivity contribution is -0.166. The SMILES string of the molecule is COC(=O)C(O)(c1cccc(Br)c1)C1c2ccccc2C=C(c2ccccc2)N1c1ccccc1. The van der Waals surface area contributed by atoms with Crippen LogP contribution < -0.4 is 4.90 Å². The van der Waals surface area contributed by atoms with Gasteiger partial charge in [0.1, 0.15) is 6.04 Å². The molecule has 0 bridgehead atoms. The maximum absolute atomic E-state index is 13.5. The van der Waals surface area contributed by atoms with E-state index in [1.165, 1.54) is 7.11 Å². The molecule has 5 heteroatoms. The van der Waals surface area contributed by atoms with E-state index in [0.29, 0.717) is 5.56 Å². The zero-order valence-electron chi connectivity index (χ0n) is 19.1. The number of hydrogen-bond donors (Lipinski definition) is 1. The van der Waals surface area contributed by atoms with Gasteiger partial charge >= 0.3 is 5.97 Å². The zero-order valence-corrected chi connectivity index (χ0v) is 20.7. The van der Waals surface area contributed by atoms with E-state index < -0.39 is 17.6 Å². The molecule has 174 valence electrons. The monoisotopic (exact) mass is 525 g/mol. The molecule has 0 spiro atoms. The Bertz CT molecular complexity index is 1390. The van der Waals surface area contributed by atoms with E-state index in [1.807, 2.05) is 102 Å². The van der Waals surface area contributed by atoms with Crippen LogP contribution in [0.2, 0.25) is 0 Å². The number of hydrogen-bond acceptors (Lipinski definition) is 4. The second-order valence-electron chi connectivity index (χ2n) is 8.40. The summed E-state index contributed by atoms with van der Waals surface area (Å²) in [7, 11) is 1.31. The number of anilines is 1. The van der Waals surface area contributed by atoms with Crippen LogP contribution in [0, 0.1) is 0 Å². The van der Waals surface area contributed by atoms with Gasteiger partial charge in [-0.05, 0) is 52.6 Å². The molecule has 0 saturated carbocycles. The van der Waals surface area contributed by atoms with Crippen LogP contribution in [0.3, 0.4) is 0 Å². The summed E-state index contributed by atoms with van der Waals surface area (Å²) in [5, 5.41) is 12.5. The van der Waals surface area contributed by atoms with Crippen LogP contribution in [-0.2, 0) is 15.1 Å². The van der Waals surface area contributed by atoms with E-state index in [1.54, 1.807) is 12.1 Å². The van der Waals surface area contributed by atoms with E-state index in [4.69, 9.17) is 4.74 Å². The molecule has 1 aliphatic rings. The number of methoxy groups -OCH3 is 1. The van der Waals surface area contributed by atoms with E-state index in [2.05, 4.69) is 22.0 Å². The van der Waals surface area contributed by atoms with Gasteiger partial charge in [-0.25, -0.2) is 4.79 Å². The Balaban J connectivity index is 1.85. The number of halogens is 1. The fourth-order valence-corrected chi connectivity index (χ4v) is 5.17. The van der Waals surface area contributed by atoms with Crippen molar-refractivity contribution < 1.29 is 14.6 Å². The number of fused-ring (bicyclic) bond motifs is 1. The van der Waals surface area contributed by atoms with Crippen molar-refractivity contribution in [3.63, 3.8) is 0 Å². The van der Waals surface area contributed by atoms with Crippen molar-refractivity contribution in [1.82, 2.24) is 0 Å². The normalized spacial score (nSPS) is 16.6. The fourth-order valence-electron chi connectivity index (χ4n) is 4.77. The summed E-state index contributed by atoms with van der Waals surface area (Å²) in [6.07, 6.45) is 2.10. The molecular formula is C30H24BrNO3. The Morgan fingerprint density at radius 3 is 2.23 bits per heavy atom. The minimum absolute atomic E-state index is 0.439. The lowest BCUT2D eigenvalue weighted by Gasteiger charge is -2.46. The van der Waals surface area contributed by atoms with Gasteiger partial charge in [0.15, 0.2) is 0 Å². The number of carbonyl (C=O) groups excluding carboxylic acids is 1. The maximum Gasteiger partial charge on any atom is 0.345 e. The molecule has 4 aromatic rings. The third kappa shape index (κ3) is 4.07. The molecule has 5 rings (SSSR count). The number of ether oxygens (including phenoxy) is 1. The molecule has 1 heterocycles. The Labute approximate surface area is 213 Å². The quantitative estimate of drug-likeness (QED) is 0.299. The van der Waals surface area contributed by atoms with Gasteiger partial charge in [0.05, 0.1) is 7.11 Å². The highest BCUT2D eigenvalue weighted by Gasteiger charge is 2.53. The van der Waals surface area contributed by atoms with Gasteiger partial charge in [0, 0.05) is 15.9 Å². The van der Waals surface area contributed by atoms with E-state index >= 15 is 0 Å². The highest BCUT2D eigenvalue weighted by molar-refractivity contribution is 9.10. The number of carbonyl (C=O) groups is 1. The molecule has 0 fully saturated rings. The number of rotatable bonds is 5. The van der Waals surface area contributed by atoms with Gasteiger partial charge in [0.2, 0.25) is 5.60 Å². The van der Waals surface area contributed by atoms with Crippen LogP contribution in [0.5, 0.6) is 0 Å². The van der Waals surface area contributed by atoms with Gasteiger partial charge in [0.25, 0.3) is 0 Å². The van der Waals surface area contributed by atoms with Crippen LogP contribution in [0.1, 0.15) is 28.3 Å². The van der Waals surface area contributed by atoms with Crippen LogP contribution >= 0.6 is 15.9 Å². The van der Waals surface area contributed by atoms with Crippen LogP contribution in [-0.4, -0.2) is 18.2 Å². The zero-order chi connectivity index (χ0) is 24.4. The molecule has 0 aliphatic carbocycles. The van der Waals surface area contributed by atoms with Gasteiger partial charge in [-0.2, -0.15) is 0 Å². The first kappa shape index (κ1) is 23.1. The minimum atomic E-state index is -2.02. The first-order chi connectivity index (χ1) is 17.0. The average molecular weight is 526 g/mol. The van der Waals surface area contributed by atoms with Gasteiger partial charge in [-0.3, -0.25) is 0 Å². The number of aliphatic hydroxyl groups is 1. The fraction of sp³-hybridized carbons (Fsp3) is 0.100. The third-order valence-corrected chi connectivity index (χ3v) is 6.85. The van der Waals surface area contributed by atoms with E-state index in [9.17, 15) is 9.90 Å². The molecule has 2 atom stereocenters. The summed E-state index contributed by atoms with van der Waals surface area (Å²) in [6.45, 7) is 0. The summed E-state index contributed by atoms with van der Waals surface area (Å²) >= 11 is 3.50. The van der Waals surface area contributed by atoms with Crippen LogP contribution in [0.4, 0.5) is 5.69 Å². The molecule has 35 heavy (non-hydrogen) atoms. The Hall–Kier alpha value is -3.67. The Kier molecular flexibility index (Phi) is 6.29. The van der Waals surface area contributed by atoms with Crippen molar-refractivity contribution in [3.05, 3.63) is 136 Å². The number of benzene rings is 4. The lowest BCUT2D eigenvalue weighted by Crippen LogP contribution is -2.50. The summed E-state index contributed by atoms with van der Waals surface area (Å²) in [5.41, 5.74) is 2.87. The number of esters is 1. The van der Waals surface area contributed by atoms with Crippen molar-refractivity contribution in [2.24, 2.45) is 0 Å². The number of nitrogens with zero attached hydrogens (tertiary/aromatic N) is 1. The second kappa shape index (κ2) is 9.53. The highest BCUT2D eigenvalue weighted by Crippen LogP contribution is 2.50. The molecule has 0 amide bonds.